The molecule has 5 nitrogen and oxygen atoms in total. The van der Waals surface area contributed by atoms with Crippen molar-refractivity contribution in [1.29, 1.82) is 0 Å². The van der Waals surface area contributed by atoms with E-state index in [9.17, 15) is 4.39 Å². The molecule has 20 heavy (non-hydrogen) atoms. The Morgan fingerprint density at radius 1 is 1.30 bits per heavy atom. The molecule has 0 aliphatic rings. The van der Waals surface area contributed by atoms with Crippen LogP contribution in [0.5, 0.6) is 6.01 Å². The molecule has 1 aromatic heterocycles. The number of aliphatic imine (C=N–C) groups is 1. The largest absolute Gasteiger partial charge is 0.459 e. The van der Waals surface area contributed by atoms with Crippen LogP contribution < -0.4 is 4.74 Å². The zero-order valence-corrected chi connectivity index (χ0v) is 11.3. The molecule has 0 bridgehead atoms. The van der Waals surface area contributed by atoms with Gasteiger partial charge >= 0.3 is 6.01 Å². The molecule has 1 aromatic carbocycles. The smallest absolute Gasteiger partial charge is 0.318 e. The van der Waals surface area contributed by atoms with Crippen molar-refractivity contribution in [3.05, 3.63) is 47.9 Å². The third-order valence-corrected chi connectivity index (χ3v) is 2.33. The highest BCUT2D eigenvalue weighted by Gasteiger charge is 2.06. The second-order valence-corrected chi connectivity index (χ2v) is 4.31. The van der Waals surface area contributed by atoms with Gasteiger partial charge in [-0.05, 0) is 5.56 Å². The molecule has 0 radical (unpaired) electrons. The second kappa shape index (κ2) is 6.60. The third kappa shape index (κ3) is 4.01. The van der Waals surface area contributed by atoms with E-state index < -0.39 is 5.82 Å². The Morgan fingerprint density at radius 2 is 2.05 bits per heavy atom. The quantitative estimate of drug-likeness (QED) is 0.620. The van der Waals surface area contributed by atoms with Gasteiger partial charge in [-0.2, -0.15) is 4.98 Å². The minimum Gasteiger partial charge on any atom is -0.459 e. The first-order chi connectivity index (χ1) is 9.65. The Balaban J connectivity index is 2.07. The van der Waals surface area contributed by atoms with Crippen molar-refractivity contribution in [1.82, 2.24) is 14.9 Å². The van der Waals surface area contributed by atoms with E-state index in [-0.39, 0.29) is 11.8 Å². The summed E-state index contributed by atoms with van der Waals surface area (Å²) in [6.45, 7) is 0.323. The molecule has 0 atom stereocenters. The van der Waals surface area contributed by atoms with Crippen LogP contribution in [0.3, 0.4) is 0 Å². The first-order valence-corrected chi connectivity index (χ1v) is 6.05. The van der Waals surface area contributed by atoms with Gasteiger partial charge in [0.05, 0.1) is 12.5 Å². The van der Waals surface area contributed by atoms with Crippen molar-refractivity contribution in [2.45, 2.75) is 6.61 Å². The SMILES string of the molecule is CN(C)C=Nc1nc(OCc2ccccc2)ncc1F. The van der Waals surface area contributed by atoms with Crippen molar-refractivity contribution in [2.75, 3.05) is 14.1 Å². The Kier molecular flexibility index (Phi) is 4.60. The summed E-state index contributed by atoms with van der Waals surface area (Å²) in [6, 6.07) is 9.70. The number of ether oxygens (including phenoxy) is 1. The van der Waals surface area contributed by atoms with Gasteiger partial charge in [0.25, 0.3) is 0 Å². The molecule has 0 aliphatic heterocycles. The molecule has 0 saturated carbocycles. The van der Waals surface area contributed by atoms with Crippen LogP contribution in [0.1, 0.15) is 5.56 Å². The highest BCUT2D eigenvalue weighted by atomic mass is 19.1. The molecule has 0 N–H and O–H groups in total. The average Bonchev–Trinajstić information content (AvgIpc) is 2.46. The molecule has 0 saturated heterocycles. The summed E-state index contributed by atoms with van der Waals surface area (Å²) in [5, 5.41) is 0. The highest BCUT2D eigenvalue weighted by molar-refractivity contribution is 5.59. The monoisotopic (exact) mass is 274 g/mol. The Labute approximate surface area is 116 Å². The average molecular weight is 274 g/mol. The summed E-state index contributed by atoms with van der Waals surface area (Å²) < 4.78 is 18.9. The molecular weight excluding hydrogens is 259 g/mol. The highest BCUT2D eigenvalue weighted by Crippen LogP contribution is 2.16. The lowest BCUT2D eigenvalue weighted by molar-refractivity contribution is 0.279. The van der Waals surface area contributed by atoms with Gasteiger partial charge in [-0.3, -0.25) is 0 Å². The number of rotatable bonds is 5. The Hall–Kier alpha value is -2.50. The summed E-state index contributed by atoms with van der Waals surface area (Å²) >= 11 is 0. The Morgan fingerprint density at radius 3 is 2.75 bits per heavy atom. The molecule has 1 heterocycles. The Bertz CT molecular complexity index is 587. The maximum absolute atomic E-state index is 13.5. The van der Waals surface area contributed by atoms with E-state index >= 15 is 0 Å². The van der Waals surface area contributed by atoms with Gasteiger partial charge in [-0.25, -0.2) is 14.4 Å². The van der Waals surface area contributed by atoms with E-state index in [0.29, 0.717) is 6.61 Å². The number of hydrogen-bond donors (Lipinski definition) is 0. The molecule has 2 aromatic rings. The van der Waals surface area contributed by atoms with Crippen molar-refractivity contribution in [3.63, 3.8) is 0 Å². The molecule has 104 valence electrons. The lowest BCUT2D eigenvalue weighted by Gasteiger charge is -2.06. The van der Waals surface area contributed by atoms with Crippen molar-refractivity contribution >= 4 is 12.2 Å². The maximum atomic E-state index is 13.5. The summed E-state index contributed by atoms with van der Waals surface area (Å²) in [7, 11) is 3.57. The van der Waals surface area contributed by atoms with Crippen molar-refractivity contribution in [3.8, 4) is 6.01 Å². The second-order valence-electron chi connectivity index (χ2n) is 4.31. The van der Waals surface area contributed by atoms with Crippen LogP contribution in [-0.2, 0) is 6.61 Å². The van der Waals surface area contributed by atoms with Crippen LogP contribution in [0.15, 0.2) is 41.5 Å². The molecular formula is C14H15FN4O. The molecule has 0 fully saturated rings. The van der Waals surface area contributed by atoms with Gasteiger partial charge in [-0.1, -0.05) is 30.3 Å². The number of nitrogens with zero attached hydrogens (tertiary/aromatic N) is 4. The van der Waals surface area contributed by atoms with Gasteiger partial charge < -0.3 is 9.64 Å². The minimum absolute atomic E-state index is 0.0447. The lowest BCUT2D eigenvalue weighted by Crippen LogP contribution is -2.07. The summed E-state index contributed by atoms with van der Waals surface area (Å²) in [5.74, 6) is -0.632. The fourth-order valence-electron chi connectivity index (χ4n) is 1.39. The number of hydrogen-bond acceptors (Lipinski definition) is 4. The van der Waals surface area contributed by atoms with E-state index in [2.05, 4.69) is 15.0 Å². The van der Waals surface area contributed by atoms with Gasteiger partial charge in [0.15, 0.2) is 11.6 Å². The van der Waals surface area contributed by atoms with Crippen molar-refractivity contribution in [2.24, 2.45) is 4.99 Å². The van der Waals surface area contributed by atoms with Gasteiger partial charge in [-0.15, -0.1) is 0 Å². The predicted octanol–water partition coefficient (Wildman–Crippen LogP) is 2.42. The van der Waals surface area contributed by atoms with Gasteiger partial charge in [0.2, 0.25) is 0 Å². The molecule has 0 spiro atoms. The number of aromatic nitrogens is 2. The molecule has 0 unspecified atom stereocenters. The van der Waals surface area contributed by atoms with E-state index in [4.69, 9.17) is 4.74 Å². The van der Waals surface area contributed by atoms with Crippen LogP contribution in [0.25, 0.3) is 0 Å². The van der Waals surface area contributed by atoms with Crippen LogP contribution in [0.2, 0.25) is 0 Å². The normalized spacial score (nSPS) is 10.8. The maximum Gasteiger partial charge on any atom is 0.318 e. The molecule has 0 aliphatic carbocycles. The minimum atomic E-state index is -0.588. The zero-order chi connectivity index (χ0) is 14.4. The van der Waals surface area contributed by atoms with E-state index in [1.807, 2.05) is 30.3 Å². The lowest BCUT2D eigenvalue weighted by atomic mass is 10.2. The van der Waals surface area contributed by atoms with E-state index in [1.54, 1.807) is 19.0 Å². The summed E-state index contributed by atoms with van der Waals surface area (Å²) in [6.07, 6.45) is 2.52. The molecule has 6 heteroatoms. The standard InChI is InChI=1S/C14H15FN4O/c1-19(2)10-17-13-12(15)8-16-14(18-13)20-9-11-6-4-3-5-7-11/h3-8,10H,9H2,1-2H3. The van der Waals surface area contributed by atoms with Crippen LogP contribution in [0.4, 0.5) is 10.2 Å². The summed E-state index contributed by atoms with van der Waals surface area (Å²) in [5.41, 5.74) is 0.985. The predicted molar refractivity (Wildman–Crippen MR) is 74.6 cm³/mol. The molecule has 0 amide bonds. The number of halogens is 1. The van der Waals surface area contributed by atoms with Gasteiger partial charge in [0, 0.05) is 14.1 Å². The molecule has 2 rings (SSSR count). The van der Waals surface area contributed by atoms with E-state index in [0.717, 1.165) is 11.8 Å². The zero-order valence-electron chi connectivity index (χ0n) is 11.3. The fourth-order valence-corrected chi connectivity index (χ4v) is 1.39. The third-order valence-electron chi connectivity index (χ3n) is 2.33. The van der Waals surface area contributed by atoms with Crippen LogP contribution in [-0.4, -0.2) is 35.3 Å². The first kappa shape index (κ1) is 13.9. The first-order valence-electron chi connectivity index (χ1n) is 6.05. The fraction of sp³-hybridized carbons (Fsp3) is 0.214. The van der Waals surface area contributed by atoms with Crippen molar-refractivity contribution < 1.29 is 9.13 Å². The summed E-state index contributed by atoms with van der Waals surface area (Å²) in [4.78, 5) is 13.3. The van der Waals surface area contributed by atoms with Crippen LogP contribution in [0, 0.1) is 5.82 Å². The van der Waals surface area contributed by atoms with E-state index in [1.165, 1.54) is 6.34 Å². The number of benzene rings is 1. The van der Waals surface area contributed by atoms with Gasteiger partial charge in [0.1, 0.15) is 6.61 Å². The topological polar surface area (TPSA) is 50.6 Å². The van der Waals surface area contributed by atoms with Crippen LogP contribution >= 0.6 is 0 Å².